The van der Waals surface area contributed by atoms with Gasteiger partial charge in [0.2, 0.25) is 0 Å². The van der Waals surface area contributed by atoms with Gasteiger partial charge in [-0.3, -0.25) is 4.90 Å². The second-order valence-electron chi connectivity index (χ2n) is 5.28. The quantitative estimate of drug-likeness (QED) is 0.776. The number of likely N-dealkylation sites (tertiary alicyclic amines) is 1. The minimum atomic E-state index is -0.313. The lowest BCUT2D eigenvalue weighted by atomic mass is 10.1. The van der Waals surface area contributed by atoms with Gasteiger partial charge in [-0.2, -0.15) is 0 Å². The first-order valence-corrected chi connectivity index (χ1v) is 7.27. The number of esters is 1. The van der Waals surface area contributed by atoms with Gasteiger partial charge in [0.15, 0.2) is 0 Å². The largest absolute Gasteiger partial charge is 0.496 e. The molecule has 1 saturated heterocycles. The van der Waals surface area contributed by atoms with Crippen LogP contribution in [0.15, 0.2) is 24.3 Å². The van der Waals surface area contributed by atoms with Crippen LogP contribution in [-0.4, -0.2) is 43.7 Å². The highest BCUT2D eigenvalue weighted by Gasteiger charge is 2.19. The molecule has 1 atom stereocenters. The molecule has 1 aliphatic heterocycles. The van der Waals surface area contributed by atoms with Gasteiger partial charge in [-0.25, -0.2) is 4.79 Å². The van der Waals surface area contributed by atoms with Crippen molar-refractivity contribution in [3.05, 3.63) is 29.8 Å². The lowest BCUT2D eigenvalue weighted by molar-refractivity contribution is 0.0233. The minimum Gasteiger partial charge on any atom is -0.496 e. The highest BCUT2D eigenvalue weighted by atomic mass is 16.5. The molecule has 1 fully saturated rings. The highest BCUT2D eigenvalue weighted by Crippen LogP contribution is 2.19. The first kappa shape index (κ1) is 14.9. The fraction of sp³-hybridized carbons (Fsp3) is 0.562. The number of methoxy groups -OCH3 is 1. The Morgan fingerprint density at radius 1 is 1.25 bits per heavy atom. The van der Waals surface area contributed by atoms with Crippen molar-refractivity contribution >= 4 is 5.97 Å². The molecule has 0 spiro atoms. The second kappa shape index (κ2) is 7.29. The van der Waals surface area contributed by atoms with Crippen molar-refractivity contribution in [1.29, 1.82) is 0 Å². The van der Waals surface area contributed by atoms with E-state index in [2.05, 4.69) is 4.90 Å². The predicted molar refractivity (Wildman–Crippen MR) is 78.2 cm³/mol. The van der Waals surface area contributed by atoms with Crippen LogP contribution in [0.1, 0.15) is 36.5 Å². The van der Waals surface area contributed by atoms with Crippen molar-refractivity contribution in [2.75, 3.05) is 26.7 Å². The number of para-hydroxylation sites is 1. The third-order valence-corrected chi connectivity index (χ3v) is 3.60. The maximum absolute atomic E-state index is 12.2. The molecule has 0 aliphatic carbocycles. The normalized spacial score (nSPS) is 17.5. The summed E-state index contributed by atoms with van der Waals surface area (Å²) in [6.07, 6.45) is 3.69. The third kappa shape index (κ3) is 3.97. The van der Waals surface area contributed by atoms with Crippen LogP contribution in [0.2, 0.25) is 0 Å². The van der Waals surface area contributed by atoms with Crippen LogP contribution in [-0.2, 0) is 4.74 Å². The molecule has 4 heteroatoms. The topological polar surface area (TPSA) is 38.8 Å². The van der Waals surface area contributed by atoms with Gasteiger partial charge in [0, 0.05) is 6.54 Å². The van der Waals surface area contributed by atoms with Crippen LogP contribution in [0.25, 0.3) is 0 Å². The molecule has 0 N–H and O–H groups in total. The van der Waals surface area contributed by atoms with Crippen LogP contribution >= 0.6 is 0 Å². The Balaban J connectivity index is 1.89. The molecule has 0 bridgehead atoms. The summed E-state index contributed by atoms with van der Waals surface area (Å²) >= 11 is 0. The number of nitrogens with zero attached hydrogens (tertiary/aromatic N) is 1. The van der Waals surface area contributed by atoms with Gasteiger partial charge in [-0.05, 0) is 45.0 Å². The average Bonchev–Trinajstić information content (AvgIpc) is 2.48. The van der Waals surface area contributed by atoms with E-state index in [1.807, 2.05) is 19.1 Å². The van der Waals surface area contributed by atoms with Crippen LogP contribution in [0.5, 0.6) is 5.75 Å². The molecule has 4 nitrogen and oxygen atoms in total. The zero-order valence-electron chi connectivity index (χ0n) is 12.3. The molecule has 1 heterocycles. The molecule has 1 aliphatic rings. The van der Waals surface area contributed by atoms with Gasteiger partial charge in [0.25, 0.3) is 0 Å². The number of rotatable bonds is 5. The average molecular weight is 277 g/mol. The summed E-state index contributed by atoms with van der Waals surface area (Å²) in [5, 5.41) is 0. The minimum absolute atomic E-state index is 0.106. The number of piperidine rings is 1. The monoisotopic (exact) mass is 277 g/mol. The molecular formula is C16H23NO3. The SMILES string of the molecule is COc1ccccc1C(=O)OC(C)CN1CCCCC1. The second-order valence-corrected chi connectivity index (χ2v) is 5.28. The predicted octanol–water partition coefficient (Wildman–Crippen LogP) is 2.73. The molecule has 0 radical (unpaired) electrons. The Kier molecular flexibility index (Phi) is 5.41. The smallest absolute Gasteiger partial charge is 0.342 e. The number of ether oxygens (including phenoxy) is 2. The van der Waals surface area contributed by atoms with Crippen molar-refractivity contribution in [3.63, 3.8) is 0 Å². The summed E-state index contributed by atoms with van der Waals surface area (Å²) in [4.78, 5) is 14.5. The van der Waals surface area contributed by atoms with Crippen LogP contribution < -0.4 is 4.74 Å². The lowest BCUT2D eigenvalue weighted by Crippen LogP contribution is -2.37. The first-order valence-electron chi connectivity index (χ1n) is 7.27. The van der Waals surface area contributed by atoms with E-state index in [-0.39, 0.29) is 12.1 Å². The van der Waals surface area contributed by atoms with Crippen molar-refractivity contribution < 1.29 is 14.3 Å². The first-order chi connectivity index (χ1) is 9.70. The van der Waals surface area contributed by atoms with E-state index in [0.717, 1.165) is 19.6 Å². The molecule has 0 amide bonds. The van der Waals surface area contributed by atoms with Gasteiger partial charge < -0.3 is 9.47 Å². The van der Waals surface area contributed by atoms with E-state index in [9.17, 15) is 4.79 Å². The number of benzene rings is 1. The summed E-state index contributed by atoms with van der Waals surface area (Å²) in [5.41, 5.74) is 0.487. The Morgan fingerprint density at radius 2 is 1.95 bits per heavy atom. The number of carbonyl (C=O) groups is 1. The Bertz CT molecular complexity index is 441. The number of hydrogen-bond donors (Lipinski definition) is 0. The van der Waals surface area contributed by atoms with E-state index < -0.39 is 0 Å². The standard InChI is InChI=1S/C16H23NO3/c1-13(12-17-10-6-3-7-11-17)20-16(18)14-8-4-5-9-15(14)19-2/h4-5,8-9,13H,3,6-7,10-12H2,1-2H3. The Hall–Kier alpha value is -1.55. The van der Waals surface area contributed by atoms with Gasteiger partial charge in [-0.15, -0.1) is 0 Å². The molecular weight excluding hydrogens is 254 g/mol. The van der Waals surface area contributed by atoms with E-state index in [0.29, 0.717) is 11.3 Å². The molecule has 1 unspecified atom stereocenters. The highest BCUT2D eigenvalue weighted by molar-refractivity contribution is 5.92. The van der Waals surface area contributed by atoms with Crippen molar-refractivity contribution in [3.8, 4) is 5.75 Å². The van der Waals surface area contributed by atoms with E-state index in [1.165, 1.54) is 19.3 Å². The van der Waals surface area contributed by atoms with Gasteiger partial charge in [-0.1, -0.05) is 18.6 Å². The fourth-order valence-electron chi connectivity index (χ4n) is 2.60. The van der Waals surface area contributed by atoms with Crippen LogP contribution in [0.4, 0.5) is 0 Å². The van der Waals surface area contributed by atoms with E-state index >= 15 is 0 Å². The summed E-state index contributed by atoms with van der Waals surface area (Å²) in [5.74, 6) is 0.245. The summed E-state index contributed by atoms with van der Waals surface area (Å²) in [6, 6.07) is 7.15. The van der Waals surface area contributed by atoms with Crippen LogP contribution in [0.3, 0.4) is 0 Å². The maximum Gasteiger partial charge on any atom is 0.342 e. The molecule has 20 heavy (non-hydrogen) atoms. The molecule has 2 rings (SSSR count). The molecule has 0 aromatic heterocycles. The summed E-state index contributed by atoms with van der Waals surface area (Å²) < 4.78 is 10.7. The van der Waals surface area contributed by atoms with E-state index in [4.69, 9.17) is 9.47 Å². The maximum atomic E-state index is 12.2. The van der Waals surface area contributed by atoms with Gasteiger partial charge in [0.1, 0.15) is 17.4 Å². The van der Waals surface area contributed by atoms with Crippen molar-refractivity contribution in [2.45, 2.75) is 32.3 Å². The summed E-state index contributed by atoms with van der Waals surface area (Å²) in [6.45, 7) is 4.97. The van der Waals surface area contributed by atoms with Gasteiger partial charge in [0.05, 0.1) is 7.11 Å². The van der Waals surface area contributed by atoms with Crippen molar-refractivity contribution in [1.82, 2.24) is 4.90 Å². The fourth-order valence-corrected chi connectivity index (χ4v) is 2.60. The van der Waals surface area contributed by atoms with Crippen LogP contribution in [0, 0.1) is 0 Å². The number of carbonyl (C=O) groups excluding carboxylic acids is 1. The number of hydrogen-bond acceptors (Lipinski definition) is 4. The molecule has 0 saturated carbocycles. The molecule has 110 valence electrons. The molecule has 1 aromatic carbocycles. The third-order valence-electron chi connectivity index (χ3n) is 3.60. The van der Waals surface area contributed by atoms with Gasteiger partial charge >= 0.3 is 5.97 Å². The zero-order chi connectivity index (χ0) is 14.4. The van der Waals surface area contributed by atoms with Crippen molar-refractivity contribution in [2.24, 2.45) is 0 Å². The summed E-state index contributed by atoms with van der Waals surface area (Å²) in [7, 11) is 1.56. The zero-order valence-corrected chi connectivity index (χ0v) is 12.3. The Labute approximate surface area is 120 Å². The Morgan fingerprint density at radius 3 is 2.65 bits per heavy atom. The van der Waals surface area contributed by atoms with E-state index in [1.54, 1.807) is 19.2 Å². The molecule has 1 aromatic rings. The lowest BCUT2D eigenvalue weighted by Gasteiger charge is -2.28.